The molecule has 0 saturated carbocycles. The largest absolute Gasteiger partial charge is 0.397 e. The van der Waals surface area contributed by atoms with Crippen molar-refractivity contribution in [2.75, 3.05) is 12.3 Å². The summed E-state index contributed by atoms with van der Waals surface area (Å²) in [7, 11) is 1.83. The number of nitrogens with zero attached hydrogens (tertiary/aromatic N) is 2. The fraction of sp³-hybridized carbons (Fsp3) is 0.308. The van der Waals surface area contributed by atoms with Crippen molar-refractivity contribution in [1.82, 2.24) is 9.47 Å². The Bertz CT molecular complexity index is 590. The molecule has 2 N–H and O–H groups in total. The fourth-order valence-electron chi connectivity index (χ4n) is 1.92. The summed E-state index contributed by atoms with van der Waals surface area (Å²) in [6, 6.07) is 5.75. The lowest BCUT2D eigenvalue weighted by Crippen LogP contribution is -2.31. The van der Waals surface area contributed by atoms with Crippen molar-refractivity contribution in [3.05, 3.63) is 38.8 Å². The SMILES string of the molecule is CCN(Cc1ccc(Br)s1)C(=O)c1cc(N)cn1C. The summed E-state index contributed by atoms with van der Waals surface area (Å²) in [6.45, 7) is 3.27. The molecule has 1 amide bonds. The topological polar surface area (TPSA) is 51.3 Å². The van der Waals surface area contributed by atoms with Gasteiger partial charge in [-0.05, 0) is 41.1 Å². The van der Waals surface area contributed by atoms with E-state index in [1.165, 1.54) is 0 Å². The third-order valence-corrected chi connectivity index (χ3v) is 4.50. The molecule has 0 aliphatic rings. The van der Waals surface area contributed by atoms with Crippen LogP contribution in [0.4, 0.5) is 5.69 Å². The molecule has 6 heteroatoms. The highest BCUT2D eigenvalue weighted by atomic mass is 79.9. The number of anilines is 1. The summed E-state index contributed by atoms with van der Waals surface area (Å²) < 4.78 is 2.85. The average molecular weight is 342 g/mol. The molecule has 102 valence electrons. The molecule has 0 fully saturated rings. The lowest BCUT2D eigenvalue weighted by molar-refractivity contribution is 0.0744. The van der Waals surface area contributed by atoms with Crippen LogP contribution in [-0.4, -0.2) is 21.9 Å². The maximum Gasteiger partial charge on any atom is 0.270 e. The van der Waals surface area contributed by atoms with Crippen LogP contribution >= 0.6 is 27.3 Å². The van der Waals surface area contributed by atoms with Crippen molar-refractivity contribution in [2.45, 2.75) is 13.5 Å². The van der Waals surface area contributed by atoms with Gasteiger partial charge in [-0.1, -0.05) is 0 Å². The van der Waals surface area contributed by atoms with E-state index in [2.05, 4.69) is 15.9 Å². The van der Waals surface area contributed by atoms with Crippen molar-refractivity contribution in [2.24, 2.45) is 7.05 Å². The Morgan fingerprint density at radius 3 is 2.74 bits per heavy atom. The van der Waals surface area contributed by atoms with Gasteiger partial charge in [-0.25, -0.2) is 0 Å². The van der Waals surface area contributed by atoms with Crippen molar-refractivity contribution >= 4 is 38.9 Å². The minimum atomic E-state index is 0.00576. The predicted octanol–water partition coefficient (Wildman–Crippen LogP) is 3.09. The first-order chi connectivity index (χ1) is 9.01. The molecule has 0 bridgehead atoms. The van der Waals surface area contributed by atoms with Crippen LogP contribution in [0.3, 0.4) is 0 Å². The average Bonchev–Trinajstić information content (AvgIpc) is 2.91. The normalized spacial score (nSPS) is 10.7. The zero-order valence-corrected chi connectivity index (χ0v) is 13.3. The van der Waals surface area contributed by atoms with Crippen LogP contribution in [0.5, 0.6) is 0 Å². The van der Waals surface area contributed by atoms with Crippen molar-refractivity contribution in [1.29, 1.82) is 0 Å². The highest BCUT2D eigenvalue weighted by molar-refractivity contribution is 9.11. The van der Waals surface area contributed by atoms with Crippen molar-refractivity contribution in [3.63, 3.8) is 0 Å². The molecular formula is C13H16BrN3OS. The van der Waals surface area contributed by atoms with E-state index >= 15 is 0 Å². The molecule has 0 atom stereocenters. The van der Waals surface area contributed by atoms with E-state index in [0.29, 0.717) is 24.5 Å². The molecule has 2 heterocycles. The van der Waals surface area contributed by atoms with E-state index in [1.54, 1.807) is 28.2 Å². The lowest BCUT2D eigenvalue weighted by Gasteiger charge is -2.20. The highest BCUT2D eigenvalue weighted by Gasteiger charge is 2.18. The van der Waals surface area contributed by atoms with Gasteiger partial charge in [-0.2, -0.15) is 0 Å². The molecule has 0 saturated heterocycles. The maximum atomic E-state index is 12.5. The number of carbonyl (C=O) groups is 1. The standard InChI is InChI=1S/C13H16BrN3OS/c1-3-17(8-10-4-5-12(14)19-10)13(18)11-6-9(15)7-16(11)2/h4-7H,3,8,15H2,1-2H3. The molecule has 19 heavy (non-hydrogen) atoms. The van der Waals surface area contributed by atoms with Crippen LogP contribution < -0.4 is 5.73 Å². The number of carbonyl (C=O) groups excluding carboxylic acids is 1. The number of nitrogens with two attached hydrogens (primary N) is 1. The molecule has 2 aromatic heterocycles. The van der Waals surface area contributed by atoms with E-state index < -0.39 is 0 Å². The fourth-order valence-corrected chi connectivity index (χ4v) is 3.42. The zero-order chi connectivity index (χ0) is 14.0. The van der Waals surface area contributed by atoms with E-state index in [0.717, 1.165) is 8.66 Å². The van der Waals surface area contributed by atoms with Gasteiger partial charge in [0.05, 0.1) is 16.0 Å². The van der Waals surface area contributed by atoms with Crippen LogP contribution in [0, 0.1) is 0 Å². The summed E-state index contributed by atoms with van der Waals surface area (Å²) in [5, 5.41) is 0. The summed E-state index contributed by atoms with van der Waals surface area (Å²) in [6.07, 6.45) is 1.75. The number of hydrogen-bond donors (Lipinski definition) is 1. The first-order valence-corrected chi connectivity index (χ1v) is 7.57. The Morgan fingerprint density at radius 1 is 1.53 bits per heavy atom. The van der Waals surface area contributed by atoms with Crippen LogP contribution in [0.25, 0.3) is 0 Å². The number of halogens is 1. The van der Waals surface area contributed by atoms with Crippen LogP contribution in [0.1, 0.15) is 22.3 Å². The number of aromatic nitrogens is 1. The van der Waals surface area contributed by atoms with Crippen molar-refractivity contribution in [3.8, 4) is 0 Å². The van der Waals surface area contributed by atoms with Gasteiger partial charge in [0.2, 0.25) is 0 Å². The number of thiophene rings is 1. The molecule has 0 spiro atoms. The summed E-state index contributed by atoms with van der Waals surface area (Å²) >= 11 is 5.08. The first kappa shape index (κ1) is 14.1. The van der Waals surface area contributed by atoms with E-state index in [-0.39, 0.29) is 5.91 Å². The lowest BCUT2D eigenvalue weighted by atomic mass is 10.3. The minimum Gasteiger partial charge on any atom is -0.397 e. The second-order valence-corrected chi connectivity index (χ2v) is 6.84. The van der Waals surface area contributed by atoms with E-state index in [9.17, 15) is 4.79 Å². The Balaban J connectivity index is 2.17. The molecule has 0 aliphatic carbocycles. The quantitative estimate of drug-likeness (QED) is 0.928. The van der Waals surface area contributed by atoms with E-state index in [4.69, 9.17) is 5.73 Å². The maximum absolute atomic E-state index is 12.5. The van der Waals surface area contributed by atoms with Crippen LogP contribution in [-0.2, 0) is 13.6 Å². The van der Waals surface area contributed by atoms with Gasteiger partial charge in [0.1, 0.15) is 5.69 Å². The molecule has 0 aromatic carbocycles. The van der Waals surface area contributed by atoms with Gasteiger partial charge in [0.25, 0.3) is 5.91 Å². The van der Waals surface area contributed by atoms with Gasteiger partial charge in [-0.3, -0.25) is 4.79 Å². The second kappa shape index (κ2) is 5.79. The summed E-state index contributed by atoms with van der Waals surface area (Å²) in [5.41, 5.74) is 6.95. The Kier molecular flexibility index (Phi) is 4.31. The zero-order valence-electron chi connectivity index (χ0n) is 10.9. The van der Waals surface area contributed by atoms with Gasteiger partial charge < -0.3 is 15.2 Å². The highest BCUT2D eigenvalue weighted by Crippen LogP contribution is 2.24. The van der Waals surface area contributed by atoms with Crippen LogP contribution in [0.15, 0.2) is 28.2 Å². The molecular weight excluding hydrogens is 326 g/mol. The van der Waals surface area contributed by atoms with Gasteiger partial charge in [-0.15, -0.1) is 11.3 Å². The number of rotatable bonds is 4. The third-order valence-electron chi connectivity index (χ3n) is 2.89. The molecule has 2 rings (SSSR count). The van der Waals surface area contributed by atoms with Gasteiger partial charge in [0.15, 0.2) is 0 Å². The number of amides is 1. The smallest absolute Gasteiger partial charge is 0.270 e. The third kappa shape index (κ3) is 3.19. The number of aryl methyl sites for hydroxylation is 1. The Labute approximate surface area is 125 Å². The van der Waals surface area contributed by atoms with Crippen LogP contribution in [0.2, 0.25) is 0 Å². The summed E-state index contributed by atoms with van der Waals surface area (Å²) in [4.78, 5) is 15.4. The van der Waals surface area contributed by atoms with E-state index in [1.807, 2.05) is 31.0 Å². The monoisotopic (exact) mass is 341 g/mol. The second-order valence-electron chi connectivity index (χ2n) is 4.29. The summed E-state index contributed by atoms with van der Waals surface area (Å²) in [5.74, 6) is 0.00576. The molecule has 0 aliphatic heterocycles. The van der Waals surface area contributed by atoms with Gasteiger partial charge in [0, 0.05) is 24.7 Å². The first-order valence-electron chi connectivity index (χ1n) is 5.96. The number of hydrogen-bond acceptors (Lipinski definition) is 3. The van der Waals surface area contributed by atoms with Gasteiger partial charge >= 0.3 is 0 Å². The Morgan fingerprint density at radius 2 is 2.26 bits per heavy atom. The minimum absolute atomic E-state index is 0.00576. The molecule has 2 aromatic rings. The molecule has 0 radical (unpaired) electrons. The molecule has 4 nitrogen and oxygen atoms in total. The number of nitrogen functional groups attached to an aromatic ring is 1. The van der Waals surface area contributed by atoms with Crippen molar-refractivity contribution < 1.29 is 4.79 Å². The Hall–Kier alpha value is -1.27. The predicted molar refractivity (Wildman–Crippen MR) is 82.3 cm³/mol. The molecule has 0 unspecified atom stereocenters.